The van der Waals surface area contributed by atoms with Gasteiger partial charge in [0.25, 0.3) is 0 Å². The first kappa shape index (κ1) is 12.4. The van der Waals surface area contributed by atoms with Crippen molar-refractivity contribution < 1.29 is 0 Å². The highest BCUT2D eigenvalue weighted by Gasteiger charge is 2.05. The first-order chi connectivity index (χ1) is 8.06. The Hall–Kier alpha value is -1.01. The fourth-order valence-corrected chi connectivity index (χ4v) is 2.29. The summed E-state index contributed by atoms with van der Waals surface area (Å²) in [6.45, 7) is 1.92. The van der Waals surface area contributed by atoms with Crippen LogP contribution >= 0.6 is 34.2 Å². The van der Waals surface area contributed by atoms with Crippen LogP contribution in [0.3, 0.4) is 0 Å². The molecule has 0 fully saturated rings. The van der Waals surface area contributed by atoms with E-state index < -0.39 is 0 Å². The average Bonchev–Trinajstić information content (AvgIpc) is 2.27. The molecule has 0 atom stereocenters. The van der Waals surface area contributed by atoms with E-state index in [0.717, 1.165) is 15.0 Å². The zero-order valence-electron chi connectivity index (χ0n) is 9.17. The van der Waals surface area contributed by atoms with E-state index in [1.807, 2.05) is 37.3 Å². The largest absolute Gasteiger partial charge is 0.396 e. The van der Waals surface area contributed by atoms with Crippen molar-refractivity contribution in [2.75, 3.05) is 11.1 Å². The lowest BCUT2D eigenvalue weighted by Gasteiger charge is -2.10. The minimum atomic E-state index is 0.602. The number of rotatable bonds is 2. The van der Waals surface area contributed by atoms with E-state index in [1.54, 1.807) is 0 Å². The van der Waals surface area contributed by atoms with Crippen molar-refractivity contribution in [3.63, 3.8) is 0 Å². The van der Waals surface area contributed by atoms with Crippen LogP contribution in [-0.4, -0.2) is 4.98 Å². The minimum Gasteiger partial charge on any atom is -0.396 e. The number of nitrogens with two attached hydrogens (primary N) is 1. The monoisotopic (exact) mass is 359 g/mol. The Morgan fingerprint density at radius 2 is 2.06 bits per heavy atom. The third-order valence-electron chi connectivity index (χ3n) is 2.25. The molecule has 0 aliphatic carbocycles. The summed E-state index contributed by atoms with van der Waals surface area (Å²) in [5.74, 6) is 0.633. The highest BCUT2D eigenvalue weighted by Crippen LogP contribution is 2.28. The Bertz CT molecular complexity index is 557. The Morgan fingerprint density at radius 1 is 1.29 bits per heavy atom. The molecule has 3 nitrogen and oxygen atoms in total. The van der Waals surface area contributed by atoms with Crippen molar-refractivity contribution in [3.05, 3.63) is 44.6 Å². The molecule has 3 N–H and O–H groups in total. The number of halogens is 2. The standard InChI is InChI=1S/C12H11ClIN3/c1-7-2-4-10(15)12(16-7)17-11-5-3-8(14)6-9(11)13/h2-6H,15H2,1H3,(H,16,17). The van der Waals surface area contributed by atoms with Crippen LogP contribution in [0.5, 0.6) is 0 Å². The second-order valence-corrected chi connectivity index (χ2v) is 5.29. The molecule has 0 bridgehead atoms. The molecule has 0 aliphatic heterocycles. The summed E-state index contributed by atoms with van der Waals surface area (Å²) < 4.78 is 1.09. The van der Waals surface area contributed by atoms with Gasteiger partial charge in [0.15, 0.2) is 5.82 Å². The fourth-order valence-electron chi connectivity index (χ4n) is 1.39. The molecular weight excluding hydrogens is 349 g/mol. The number of hydrogen-bond acceptors (Lipinski definition) is 3. The smallest absolute Gasteiger partial charge is 0.153 e. The van der Waals surface area contributed by atoms with E-state index in [1.165, 1.54) is 0 Å². The molecule has 0 amide bonds. The van der Waals surface area contributed by atoms with Crippen molar-refractivity contribution >= 4 is 51.4 Å². The van der Waals surface area contributed by atoms with E-state index in [0.29, 0.717) is 16.5 Å². The third-order valence-corrected chi connectivity index (χ3v) is 3.23. The summed E-state index contributed by atoms with van der Waals surface area (Å²) in [5, 5.41) is 3.79. The normalized spacial score (nSPS) is 10.3. The SMILES string of the molecule is Cc1ccc(N)c(Nc2ccc(I)cc2Cl)n1. The van der Waals surface area contributed by atoms with Gasteiger partial charge in [0.05, 0.1) is 16.4 Å². The Labute approximate surface area is 119 Å². The van der Waals surface area contributed by atoms with Crippen LogP contribution in [-0.2, 0) is 0 Å². The number of hydrogen-bond donors (Lipinski definition) is 2. The van der Waals surface area contributed by atoms with Crippen molar-refractivity contribution in [1.29, 1.82) is 0 Å². The number of aryl methyl sites for hydroxylation is 1. The predicted octanol–water partition coefficient (Wildman–Crippen LogP) is 3.97. The van der Waals surface area contributed by atoms with Crippen LogP contribution in [0.25, 0.3) is 0 Å². The van der Waals surface area contributed by atoms with E-state index >= 15 is 0 Å². The van der Waals surface area contributed by atoms with Crippen LogP contribution < -0.4 is 11.1 Å². The van der Waals surface area contributed by atoms with E-state index in [2.05, 4.69) is 32.9 Å². The van der Waals surface area contributed by atoms with Gasteiger partial charge < -0.3 is 11.1 Å². The molecule has 5 heteroatoms. The lowest BCUT2D eigenvalue weighted by atomic mass is 10.3. The van der Waals surface area contributed by atoms with Gasteiger partial charge in [-0.2, -0.15) is 0 Å². The van der Waals surface area contributed by atoms with Crippen molar-refractivity contribution in [3.8, 4) is 0 Å². The van der Waals surface area contributed by atoms with Gasteiger partial charge in [-0.05, 0) is 59.8 Å². The maximum absolute atomic E-state index is 6.14. The lowest BCUT2D eigenvalue weighted by Crippen LogP contribution is -2.00. The summed E-state index contributed by atoms with van der Waals surface area (Å²) >= 11 is 8.35. The maximum atomic E-state index is 6.14. The molecule has 0 unspecified atom stereocenters. The summed E-state index contributed by atoms with van der Waals surface area (Å²) in [6.07, 6.45) is 0. The van der Waals surface area contributed by atoms with Gasteiger partial charge in [0, 0.05) is 9.26 Å². The minimum absolute atomic E-state index is 0.602. The number of anilines is 3. The molecule has 2 rings (SSSR count). The first-order valence-corrected chi connectivity index (χ1v) is 6.47. The van der Waals surface area contributed by atoms with Gasteiger partial charge in [0.1, 0.15) is 0 Å². The number of pyridine rings is 1. The van der Waals surface area contributed by atoms with Gasteiger partial charge in [-0.15, -0.1) is 0 Å². The number of nitrogens with zero attached hydrogens (tertiary/aromatic N) is 1. The Balaban J connectivity index is 2.34. The second-order valence-electron chi connectivity index (χ2n) is 3.64. The number of nitrogen functional groups attached to an aromatic ring is 1. The summed E-state index contributed by atoms with van der Waals surface area (Å²) in [6, 6.07) is 9.46. The van der Waals surface area contributed by atoms with Crippen molar-refractivity contribution in [2.24, 2.45) is 0 Å². The molecule has 1 heterocycles. The molecule has 0 saturated carbocycles. The van der Waals surface area contributed by atoms with Gasteiger partial charge in [-0.3, -0.25) is 0 Å². The van der Waals surface area contributed by atoms with Crippen molar-refractivity contribution in [2.45, 2.75) is 6.92 Å². The molecule has 2 aromatic rings. The van der Waals surface area contributed by atoms with E-state index in [4.69, 9.17) is 17.3 Å². The van der Waals surface area contributed by atoms with Gasteiger partial charge in [0.2, 0.25) is 0 Å². The Kier molecular flexibility index (Phi) is 3.73. The predicted molar refractivity (Wildman–Crippen MR) is 80.8 cm³/mol. The number of nitrogens with one attached hydrogen (secondary N) is 1. The van der Waals surface area contributed by atoms with Gasteiger partial charge in [-0.25, -0.2) is 4.98 Å². The molecule has 1 aromatic carbocycles. The van der Waals surface area contributed by atoms with Crippen molar-refractivity contribution in [1.82, 2.24) is 4.98 Å². The summed E-state index contributed by atoms with van der Waals surface area (Å²) in [7, 11) is 0. The molecule has 0 radical (unpaired) electrons. The summed E-state index contributed by atoms with van der Waals surface area (Å²) in [4.78, 5) is 4.33. The zero-order chi connectivity index (χ0) is 12.4. The number of aromatic nitrogens is 1. The number of benzene rings is 1. The fraction of sp³-hybridized carbons (Fsp3) is 0.0833. The van der Waals surface area contributed by atoms with Gasteiger partial charge >= 0.3 is 0 Å². The van der Waals surface area contributed by atoms with Gasteiger partial charge in [-0.1, -0.05) is 11.6 Å². The highest BCUT2D eigenvalue weighted by atomic mass is 127. The van der Waals surface area contributed by atoms with Crippen LogP contribution in [0, 0.1) is 10.5 Å². The molecule has 88 valence electrons. The van der Waals surface area contributed by atoms with E-state index in [-0.39, 0.29) is 0 Å². The summed E-state index contributed by atoms with van der Waals surface area (Å²) in [5.41, 5.74) is 8.16. The quantitative estimate of drug-likeness (QED) is 0.798. The van der Waals surface area contributed by atoms with Crippen LogP contribution in [0.4, 0.5) is 17.2 Å². The van der Waals surface area contributed by atoms with Crippen LogP contribution in [0.1, 0.15) is 5.69 Å². The molecule has 0 aliphatic rings. The van der Waals surface area contributed by atoms with Crippen LogP contribution in [0.2, 0.25) is 5.02 Å². The molecule has 1 aromatic heterocycles. The molecular formula is C12H11ClIN3. The molecule has 0 saturated heterocycles. The average molecular weight is 360 g/mol. The zero-order valence-corrected chi connectivity index (χ0v) is 12.1. The Morgan fingerprint density at radius 3 is 2.76 bits per heavy atom. The first-order valence-electron chi connectivity index (χ1n) is 5.01. The lowest BCUT2D eigenvalue weighted by molar-refractivity contribution is 1.20. The van der Waals surface area contributed by atoms with Crippen LogP contribution in [0.15, 0.2) is 30.3 Å². The molecule has 0 spiro atoms. The third kappa shape index (κ3) is 3.01. The topological polar surface area (TPSA) is 50.9 Å². The highest BCUT2D eigenvalue weighted by molar-refractivity contribution is 14.1. The molecule has 17 heavy (non-hydrogen) atoms. The maximum Gasteiger partial charge on any atom is 0.153 e. The van der Waals surface area contributed by atoms with E-state index in [9.17, 15) is 0 Å². The second kappa shape index (κ2) is 5.10.